The first-order valence-electron chi connectivity index (χ1n) is 6.55. The summed E-state index contributed by atoms with van der Waals surface area (Å²) in [5, 5.41) is 1.11. The summed E-state index contributed by atoms with van der Waals surface area (Å²) in [7, 11) is 0. The molecule has 0 N–H and O–H groups in total. The number of fused-ring (bicyclic) bond motifs is 1. The third kappa shape index (κ3) is 2.87. The maximum atomic E-state index is 11.7. The highest BCUT2D eigenvalue weighted by Gasteiger charge is 2.11. The Hall–Kier alpha value is -1.61. The van der Waals surface area contributed by atoms with Gasteiger partial charge in [0.15, 0.2) is 0 Å². The van der Waals surface area contributed by atoms with Crippen LogP contribution in [-0.4, -0.2) is 12.6 Å². The van der Waals surface area contributed by atoms with Crippen LogP contribution in [0, 0.1) is 0 Å². The number of ether oxygens (including phenoxy) is 1. The highest BCUT2D eigenvalue weighted by Crippen LogP contribution is 2.29. The fourth-order valence-electron chi connectivity index (χ4n) is 2.12. The molecule has 0 saturated heterocycles. The molecule has 3 heteroatoms. The Labute approximate surface area is 117 Å². The summed E-state index contributed by atoms with van der Waals surface area (Å²) in [5.41, 5.74) is 2.55. The van der Waals surface area contributed by atoms with E-state index in [1.807, 2.05) is 13.0 Å². The Morgan fingerprint density at radius 1 is 1.32 bits per heavy atom. The van der Waals surface area contributed by atoms with E-state index in [9.17, 15) is 4.79 Å². The fraction of sp³-hybridized carbons (Fsp3) is 0.312. The lowest BCUT2D eigenvalue weighted by atomic mass is 10.0. The number of thiophene rings is 1. The molecule has 0 radical (unpaired) electrons. The number of carbonyl (C=O) groups is 1. The van der Waals surface area contributed by atoms with Gasteiger partial charge in [-0.05, 0) is 55.0 Å². The minimum atomic E-state index is -0.230. The van der Waals surface area contributed by atoms with E-state index in [0.717, 1.165) is 16.5 Å². The third-order valence-corrected chi connectivity index (χ3v) is 4.19. The molecule has 100 valence electrons. The van der Waals surface area contributed by atoms with Crippen molar-refractivity contribution in [3.8, 4) is 0 Å². The van der Waals surface area contributed by atoms with Crippen molar-refractivity contribution >= 4 is 33.0 Å². The fourth-order valence-corrected chi connectivity index (χ4v) is 3.06. The molecule has 0 bridgehead atoms. The van der Waals surface area contributed by atoms with Crippen molar-refractivity contribution in [1.29, 1.82) is 0 Å². The molecule has 0 aliphatic carbocycles. The molecular weight excluding hydrogens is 256 g/mol. The lowest BCUT2D eigenvalue weighted by Crippen LogP contribution is -2.01. The van der Waals surface area contributed by atoms with Gasteiger partial charge in [0.05, 0.1) is 6.61 Å². The van der Waals surface area contributed by atoms with Crippen LogP contribution in [0.4, 0.5) is 0 Å². The van der Waals surface area contributed by atoms with Crippen molar-refractivity contribution in [3.63, 3.8) is 0 Å². The van der Waals surface area contributed by atoms with E-state index in [4.69, 9.17) is 4.74 Å². The number of rotatable bonds is 4. The van der Waals surface area contributed by atoms with Crippen LogP contribution in [-0.2, 0) is 4.74 Å². The minimum absolute atomic E-state index is 0.230. The zero-order valence-electron chi connectivity index (χ0n) is 11.5. The standard InChI is InChI=1S/C16H18O2S/c1-4-11(5-2)12-7-8-14-13(9-12)10-15(19-14)16(17)18-6-3/h4,7-10H,5-6H2,1-3H3. The van der Waals surface area contributed by atoms with Gasteiger partial charge in [0, 0.05) is 4.70 Å². The monoisotopic (exact) mass is 274 g/mol. The lowest BCUT2D eigenvalue weighted by molar-refractivity contribution is 0.0532. The molecule has 1 heterocycles. The molecule has 0 aliphatic heterocycles. The zero-order valence-corrected chi connectivity index (χ0v) is 12.3. The Bertz CT molecular complexity index is 623. The molecule has 2 rings (SSSR count). The van der Waals surface area contributed by atoms with Crippen molar-refractivity contribution in [1.82, 2.24) is 0 Å². The van der Waals surface area contributed by atoms with Crippen LogP contribution in [0.3, 0.4) is 0 Å². The summed E-state index contributed by atoms with van der Waals surface area (Å²) < 4.78 is 6.16. The van der Waals surface area contributed by atoms with E-state index < -0.39 is 0 Å². The normalized spacial score (nSPS) is 11.8. The van der Waals surface area contributed by atoms with E-state index in [0.29, 0.717) is 11.5 Å². The predicted molar refractivity (Wildman–Crippen MR) is 81.7 cm³/mol. The molecule has 2 aromatic rings. The number of carbonyl (C=O) groups excluding carboxylic acids is 1. The molecule has 0 saturated carbocycles. The minimum Gasteiger partial charge on any atom is -0.462 e. The van der Waals surface area contributed by atoms with Gasteiger partial charge in [-0.1, -0.05) is 19.1 Å². The van der Waals surface area contributed by atoms with Gasteiger partial charge in [0.2, 0.25) is 0 Å². The highest BCUT2D eigenvalue weighted by molar-refractivity contribution is 7.20. The van der Waals surface area contributed by atoms with Crippen LogP contribution in [0.2, 0.25) is 0 Å². The van der Waals surface area contributed by atoms with Gasteiger partial charge < -0.3 is 4.74 Å². The first kappa shape index (κ1) is 13.8. The maximum Gasteiger partial charge on any atom is 0.348 e. The van der Waals surface area contributed by atoms with Crippen LogP contribution in [0.25, 0.3) is 15.7 Å². The average Bonchev–Trinajstić information content (AvgIpc) is 2.83. The smallest absolute Gasteiger partial charge is 0.348 e. The van der Waals surface area contributed by atoms with Crippen LogP contribution < -0.4 is 0 Å². The molecular formula is C16H18O2S. The highest BCUT2D eigenvalue weighted by atomic mass is 32.1. The second kappa shape index (κ2) is 6.02. The summed E-state index contributed by atoms with van der Waals surface area (Å²) in [5.74, 6) is -0.230. The average molecular weight is 274 g/mol. The molecule has 2 nitrogen and oxygen atoms in total. The van der Waals surface area contributed by atoms with E-state index in [2.05, 4.69) is 38.1 Å². The van der Waals surface area contributed by atoms with Crippen molar-refractivity contribution < 1.29 is 9.53 Å². The van der Waals surface area contributed by atoms with Gasteiger partial charge in [-0.3, -0.25) is 0 Å². The van der Waals surface area contributed by atoms with Crippen LogP contribution >= 0.6 is 11.3 Å². The van der Waals surface area contributed by atoms with Crippen molar-refractivity contribution in [2.75, 3.05) is 6.61 Å². The Kier molecular flexibility index (Phi) is 4.38. The predicted octanol–water partition coefficient (Wildman–Crippen LogP) is 4.89. The Morgan fingerprint density at radius 3 is 2.74 bits per heavy atom. The Morgan fingerprint density at radius 2 is 2.11 bits per heavy atom. The second-order valence-corrected chi connectivity index (χ2v) is 5.33. The number of benzene rings is 1. The first-order chi connectivity index (χ1) is 9.19. The number of hydrogen-bond donors (Lipinski definition) is 0. The second-order valence-electron chi connectivity index (χ2n) is 4.25. The van der Waals surface area contributed by atoms with E-state index in [1.165, 1.54) is 22.5 Å². The van der Waals surface area contributed by atoms with E-state index >= 15 is 0 Å². The Balaban J connectivity index is 2.41. The van der Waals surface area contributed by atoms with Gasteiger partial charge in [-0.15, -0.1) is 11.3 Å². The van der Waals surface area contributed by atoms with Crippen LogP contribution in [0.15, 0.2) is 30.3 Å². The topological polar surface area (TPSA) is 26.3 Å². The molecule has 0 fully saturated rings. The number of hydrogen-bond acceptors (Lipinski definition) is 3. The van der Waals surface area contributed by atoms with E-state index in [-0.39, 0.29) is 5.97 Å². The van der Waals surface area contributed by atoms with Gasteiger partial charge >= 0.3 is 5.97 Å². The van der Waals surface area contributed by atoms with E-state index in [1.54, 1.807) is 0 Å². The van der Waals surface area contributed by atoms with Crippen LogP contribution in [0.5, 0.6) is 0 Å². The zero-order chi connectivity index (χ0) is 13.8. The summed E-state index contributed by atoms with van der Waals surface area (Å²) in [6, 6.07) is 8.27. The van der Waals surface area contributed by atoms with Gasteiger partial charge in [-0.2, -0.15) is 0 Å². The molecule has 0 atom stereocenters. The SMILES string of the molecule is CC=C(CC)c1ccc2sc(C(=O)OCC)cc2c1. The summed E-state index contributed by atoms with van der Waals surface area (Å²) in [6.07, 6.45) is 3.15. The molecule has 0 amide bonds. The van der Waals surface area contributed by atoms with Gasteiger partial charge in [-0.25, -0.2) is 4.79 Å². The largest absolute Gasteiger partial charge is 0.462 e. The molecule has 1 aromatic heterocycles. The molecule has 0 aliphatic rings. The van der Waals surface area contributed by atoms with Gasteiger partial charge in [0.1, 0.15) is 4.88 Å². The number of esters is 1. The number of allylic oxidation sites excluding steroid dienone is 2. The van der Waals surface area contributed by atoms with Crippen molar-refractivity contribution in [3.05, 3.63) is 40.8 Å². The van der Waals surface area contributed by atoms with Gasteiger partial charge in [0.25, 0.3) is 0 Å². The summed E-state index contributed by atoms with van der Waals surface area (Å²) in [4.78, 5) is 12.4. The molecule has 0 unspecified atom stereocenters. The molecule has 0 spiro atoms. The first-order valence-corrected chi connectivity index (χ1v) is 7.37. The summed E-state index contributed by atoms with van der Waals surface area (Å²) >= 11 is 1.49. The quantitative estimate of drug-likeness (QED) is 0.742. The molecule has 19 heavy (non-hydrogen) atoms. The van der Waals surface area contributed by atoms with Crippen molar-refractivity contribution in [2.45, 2.75) is 27.2 Å². The third-order valence-electron chi connectivity index (χ3n) is 3.09. The molecule has 1 aromatic carbocycles. The van der Waals surface area contributed by atoms with Crippen molar-refractivity contribution in [2.24, 2.45) is 0 Å². The summed E-state index contributed by atoms with van der Waals surface area (Å²) in [6.45, 7) is 6.44. The van der Waals surface area contributed by atoms with Crippen LogP contribution in [0.1, 0.15) is 42.4 Å². The lowest BCUT2D eigenvalue weighted by Gasteiger charge is -2.03. The maximum absolute atomic E-state index is 11.7.